The van der Waals surface area contributed by atoms with Gasteiger partial charge in [0.1, 0.15) is 5.75 Å². The summed E-state index contributed by atoms with van der Waals surface area (Å²) in [5.41, 5.74) is 8.24. The van der Waals surface area contributed by atoms with Crippen LogP contribution in [-0.2, 0) is 11.2 Å². The molecule has 2 aromatic carbocycles. The van der Waals surface area contributed by atoms with E-state index in [0.717, 1.165) is 36.3 Å². The van der Waals surface area contributed by atoms with E-state index in [4.69, 9.17) is 10.5 Å². The molecule has 1 saturated carbocycles. The van der Waals surface area contributed by atoms with E-state index in [9.17, 15) is 4.79 Å². The lowest BCUT2D eigenvalue weighted by atomic mass is 10.0. The van der Waals surface area contributed by atoms with Gasteiger partial charge in [0.15, 0.2) is 0 Å². The third-order valence-electron chi connectivity index (χ3n) is 4.02. The molecule has 0 unspecified atom stereocenters. The summed E-state index contributed by atoms with van der Waals surface area (Å²) in [6.07, 6.45) is 2.26. The second-order valence-corrected chi connectivity index (χ2v) is 5.80. The summed E-state index contributed by atoms with van der Waals surface area (Å²) in [5, 5.41) is 2.90. The number of carbonyl (C=O) groups is 1. The molecule has 5 heteroatoms. The molecule has 3 rings (SSSR count). The second kappa shape index (κ2) is 7.02. The van der Waals surface area contributed by atoms with Crippen LogP contribution in [0.1, 0.15) is 24.0 Å². The summed E-state index contributed by atoms with van der Waals surface area (Å²) in [6.45, 7) is 0. The van der Waals surface area contributed by atoms with Gasteiger partial charge in [-0.15, -0.1) is 12.4 Å². The Morgan fingerprint density at radius 2 is 1.91 bits per heavy atom. The molecule has 0 heterocycles. The fraction of sp³-hybridized carbons (Fsp3) is 0.278. The number of amides is 1. The van der Waals surface area contributed by atoms with Crippen LogP contribution in [0.15, 0.2) is 48.5 Å². The van der Waals surface area contributed by atoms with Crippen LogP contribution in [0.2, 0.25) is 0 Å². The van der Waals surface area contributed by atoms with Gasteiger partial charge in [-0.3, -0.25) is 4.79 Å². The minimum absolute atomic E-state index is 0. The van der Waals surface area contributed by atoms with Crippen LogP contribution in [0.5, 0.6) is 5.75 Å². The van der Waals surface area contributed by atoms with Crippen molar-refractivity contribution in [2.24, 2.45) is 5.73 Å². The summed E-state index contributed by atoms with van der Waals surface area (Å²) in [7, 11) is 1.65. The Hall–Kier alpha value is -2.04. The van der Waals surface area contributed by atoms with Crippen molar-refractivity contribution < 1.29 is 9.53 Å². The van der Waals surface area contributed by atoms with Crippen molar-refractivity contribution in [2.75, 3.05) is 12.4 Å². The molecule has 1 amide bonds. The number of benzene rings is 2. The van der Waals surface area contributed by atoms with Gasteiger partial charge in [-0.2, -0.15) is 0 Å². The molecule has 23 heavy (non-hydrogen) atoms. The fourth-order valence-electron chi connectivity index (χ4n) is 2.43. The van der Waals surface area contributed by atoms with Crippen molar-refractivity contribution >= 4 is 24.0 Å². The number of anilines is 1. The predicted octanol–water partition coefficient (Wildman–Crippen LogP) is 3.14. The van der Waals surface area contributed by atoms with E-state index in [0.29, 0.717) is 0 Å². The SMILES string of the molecule is COc1ccc(NC(=O)C2(N)CC2)cc1Cc1ccccc1.Cl. The minimum atomic E-state index is -0.667. The Morgan fingerprint density at radius 1 is 1.22 bits per heavy atom. The molecule has 1 aliphatic rings. The van der Waals surface area contributed by atoms with Gasteiger partial charge in [-0.25, -0.2) is 0 Å². The van der Waals surface area contributed by atoms with Gasteiger partial charge < -0.3 is 15.8 Å². The first-order valence-corrected chi connectivity index (χ1v) is 7.42. The van der Waals surface area contributed by atoms with Crippen molar-refractivity contribution in [3.63, 3.8) is 0 Å². The lowest BCUT2D eigenvalue weighted by Gasteiger charge is -2.14. The zero-order chi connectivity index (χ0) is 15.6. The lowest BCUT2D eigenvalue weighted by molar-refractivity contribution is -0.118. The maximum absolute atomic E-state index is 12.1. The highest BCUT2D eigenvalue weighted by Crippen LogP contribution is 2.34. The molecular formula is C18H21ClN2O2. The summed E-state index contributed by atoms with van der Waals surface area (Å²) in [6, 6.07) is 15.8. The number of hydrogen-bond acceptors (Lipinski definition) is 3. The molecule has 0 saturated heterocycles. The number of methoxy groups -OCH3 is 1. The van der Waals surface area contributed by atoms with Gasteiger partial charge in [0.25, 0.3) is 0 Å². The number of nitrogens with one attached hydrogen (secondary N) is 1. The average molecular weight is 333 g/mol. The van der Waals surface area contributed by atoms with Crippen LogP contribution in [0.4, 0.5) is 5.69 Å². The second-order valence-electron chi connectivity index (χ2n) is 5.80. The van der Waals surface area contributed by atoms with E-state index in [-0.39, 0.29) is 18.3 Å². The maximum Gasteiger partial charge on any atom is 0.244 e. The summed E-state index contributed by atoms with van der Waals surface area (Å²) in [4.78, 5) is 12.1. The minimum Gasteiger partial charge on any atom is -0.496 e. The first kappa shape index (κ1) is 17.3. The molecule has 2 aromatic rings. The van der Waals surface area contributed by atoms with E-state index in [2.05, 4.69) is 17.4 Å². The highest BCUT2D eigenvalue weighted by molar-refractivity contribution is 6.00. The number of rotatable bonds is 5. The molecule has 1 fully saturated rings. The third-order valence-corrected chi connectivity index (χ3v) is 4.02. The fourth-order valence-corrected chi connectivity index (χ4v) is 2.43. The molecule has 0 radical (unpaired) electrons. The first-order valence-electron chi connectivity index (χ1n) is 7.42. The van der Waals surface area contributed by atoms with Gasteiger partial charge in [0.2, 0.25) is 5.91 Å². The Kier molecular flexibility index (Phi) is 5.29. The molecule has 1 aliphatic carbocycles. The first-order chi connectivity index (χ1) is 10.6. The van der Waals surface area contributed by atoms with Crippen LogP contribution in [-0.4, -0.2) is 18.6 Å². The third kappa shape index (κ3) is 4.03. The highest BCUT2D eigenvalue weighted by Gasteiger charge is 2.45. The van der Waals surface area contributed by atoms with Crippen molar-refractivity contribution in [2.45, 2.75) is 24.8 Å². The van der Waals surface area contributed by atoms with Crippen LogP contribution in [0.25, 0.3) is 0 Å². The Morgan fingerprint density at radius 3 is 2.52 bits per heavy atom. The number of halogens is 1. The number of carbonyl (C=O) groups excluding carboxylic acids is 1. The van der Waals surface area contributed by atoms with E-state index in [1.807, 2.05) is 36.4 Å². The predicted molar refractivity (Wildman–Crippen MR) is 94.3 cm³/mol. The highest BCUT2D eigenvalue weighted by atomic mass is 35.5. The monoisotopic (exact) mass is 332 g/mol. The van der Waals surface area contributed by atoms with Crippen molar-refractivity contribution in [3.8, 4) is 5.75 Å². The Balaban J connectivity index is 0.00000192. The summed E-state index contributed by atoms with van der Waals surface area (Å²) < 4.78 is 5.42. The van der Waals surface area contributed by atoms with Crippen LogP contribution >= 0.6 is 12.4 Å². The average Bonchev–Trinajstić information content (AvgIpc) is 3.28. The van der Waals surface area contributed by atoms with E-state index in [1.165, 1.54) is 5.56 Å². The van der Waals surface area contributed by atoms with Gasteiger partial charge in [-0.05, 0) is 36.6 Å². The number of nitrogens with two attached hydrogens (primary N) is 1. The molecular weight excluding hydrogens is 312 g/mol. The summed E-state index contributed by atoms with van der Waals surface area (Å²) >= 11 is 0. The Labute approximate surface area is 142 Å². The van der Waals surface area contributed by atoms with Crippen LogP contribution in [0, 0.1) is 0 Å². The van der Waals surface area contributed by atoms with Gasteiger partial charge >= 0.3 is 0 Å². The smallest absolute Gasteiger partial charge is 0.244 e. The quantitative estimate of drug-likeness (QED) is 0.884. The van der Waals surface area contributed by atoms with Crippen LogP contribution < -0.4 is 15.8 Å². The Bertz CT molecular complexity index is 685. The van der Waals surface area contributed by atoms with E-state index in [1.54, 1.807) is 7.11 Å². The molecule has 0 aliphatic heterocycles. The van der Waals surface area contributed by atoms with Crippen molar-refractivity contribution in [3.05, 3.63) is 59.7 Å². The number of hydrogen-bond donors (Lipinski definition) is 2. The molecule has 0 bridgehead atoms. The van der Waals surface area contributed by atoms with E-state index >= 15 is 0 Å². The molecule has 4 nitrogen and oxygen atoms in total. The number of ether oxygens (including phenoxy) is 1. The zero-order valence-electron chi connectivity index (χ0n) is 13.0. The van der Waals surface area contributed by atoms with Crippen LogP contribution in [0.3, 0.4) is 0 Å². The van der Waals surface area contributed by atoms with Crippen molar-refractivity contribution in [1.82, 2.24) is 0 Å². The van der Waals surface area contributed by atoms with Gasteiger partial charge in [0.05, 0.1) is 12.6 Å². The lowest BCUT2D eigenvalue weighted by Crippen LogP contribution is -2.37. The largest absolute Gasteiger partial charge is 0.496 e. The molecule has 122 valence electrons. The normalized spacial score (nSPS) is 14.5. The molecule has 3 N–H and O–H groups in total. The summed E-state index contributed by atoms with van der Waals surface area (Å²) in [5.74, 6) is 0.707. The molecule has 0 atom stereocenters. The molecule has 0 spiro atoms. The van der Waals surface area contributed by atoms with E-state index < -0.39 is 5.54 Å². The molecule has 0 aromatic heterocycles. The van der Waals surface area contributed by atoms with Crippen molar-refractivity contribution in [1.29, 1.82) is 0 Å². The zero-order valence-corrected chi connectivity index (χ0v) is 13.9. The van der Waals surface area contributed by atoms with Gasteiger partial charge in [0, 0.05) is 17.7 Å². The standard InChI is InChI=1S/C18H20N2O2.ClH/c1-22-16-8-7-15(20-17(21)18(19)9-10-18)12-14(16)11-13-5-3-2-4-6-13;/h2-8,12H,9-11,19H2,1H3,(H,20,21);1H. The van der Waals surface area contributed by atoms with Gasteiger partial charge in [-0.1, -0.05) is 30.3 Å². The maximum atomic E-state index is 12.1. The topological polar surface area (TPSA) is 64.3 Å².